The number of fused-ring (bicyclic) bond motifs is 1. The topological polar surface area (TPSA) is 126 Å². The summed E-state index contributed by atoms with van der Waals surface area (Å²) in [5, 5.41) is 6.62. The van der Waals surface area contributed by atoms with Gasteiger partial charge < -0.3 is 15.1 Å². The zero-order chi connectivity index (χ0) is 33.5. The van der Waals surface area contributed by atoms with Crippen LogP contribution in [0.5, 0.6) is 0 Å². The fourth-order valence-electron chi connectivity index (χ4n) is 6.06. The van der Waals surface area contributed by atoms with Crippen molar-refractivity contribution in [1.82, 2.24) is 5.32 Å². The van der Waals surface area contributed by atoms with Crippen molar-refractivity contribution in [2.45, 2.75) is 38.5 Å². The highest BCUT2D eigenvalue weighted by Gasteiger charge is 2.21. The molecule has 48 heavy (non-hydrogen) atoms. The molecule has 9 heteroatoms. The molecule has 0 aliphatic heterocycles. The van der Waals surface area contributed by atoms with Crippen LogP contribution >= 0.6 is 0 Å². The Morgan fingerprint density at radius 3 is 2.12 bits per heavy atom. The average Bonchev–Trinajstić information content (AvgIpc) is 3.53. The maximum atomic E-state index is 13.8. The number of furan rings is 1. The summed E-state index contributed by atoms with van der Waals surface area (Å²) in [7, 11) is -4.17. The van der Waals surface area contributed by atoms with Crippen molar-refractivity contribution in [2.24, 2.45) is 5.92 Å². The van der Waals surface area contributed by atoms with Crippen LogP contribution in [0, 0.1) is 5.92 Å². The maximum absolute atomic E-state index is 13.8. The van der Waals surface area contributed by atoms with Gasteiger partial charge in [0.1, 0.15) is 11.3 Å². The van der Waals surface area contributed by atoms with E-state index >= 15 is 0 Å². The highest BCUT2D eigenvalue weighted by atomic mass is 32.2. The van der Waals surface area contributed by atoms with Crippen molar-refractivity contribution in [1.29, 1.82) is 0 Å². The summed E-state index contributed by atoms with van der Waals surface area (Å²) in [5.74, 6) is -0.755. The summed E-state index contributed by atoms with van der Waals surface area (Å²) in [6, 6.07) is 32.9. The van der Waals surface area contributed by atoms with E-state index in [1.807, 2.05) is 54.6 Å². The van der Waals surface area contributed by atoms with Crippen LogP contribution in [0.25, 0.3) is 27.9 Å². The third kappa shape index (κ3) is 8.67. The summed E-state index contributed by atoms with van der Waals surface area (Å²) in [4.78, 5) is 26.3. The summed E-state index contributed by atoms with van der Waals surface area (Å²) in [6.45, 7) is -0.197. The fraction of sp³-hybridized carbons (Fsp3) is 0.231. The van der Waals surface area contributed by atoms with Crippen LogP contribution in [0.2, 0.25) is 0 Å². The highest BCUT2D eigenvalue weighted by molar-refractivity contribution is 7.85. The molecule has 3 N–H and O–H groups in total. The highest BCUT2D eigenvalue weighted by Crippen LogP contribution is 2.30. The van der Waals surface area contributed by atoms with Crippen molar-refractivity contribution in [2.75, 3.05) is 17.6 Å². The van der Waals surface area contributed by atoms with Gasteiger partial charge in [-0.15, -0.1) is 0 Å². The number of rotatable bonds is 12. The van der Waals surface area contributed by atoms with Gasteiger partial charge in [-0.25, -0.2) is 0 Å². The van der Waals surface area contributed by atoms with Gasteiger partial charge >= 0.3 is 0 Å². The van der Waals surface area contributed by atoms with E-state index in [1.54, 1.807) is 24.3 Å². The molecule has 1 aliphatic rings. The Morgan fingerprint density at radius 2 is 1.48 bits per heavy atom. The molecular weight excluding hydrogens is 625 g/mol. The van der Waals surface area contributed by atoms with Gasteiger partial charge in [-0.3, -0.25) is 14.1 Å². The molecule has 0 saturated carbocycles. The van der Waals surface area contributed by atoms with Crippen molar-refractivity contribution >= 4 is 44.2 Å². The van der Waals surface area contributed by atoms with E-state index in [-0.39, 0.29) is 12.5 Å². The second-order valence-electron chi connectivity index (χ2n) is 12.2. The predicted octanol–water partition coefficient (Wildman–Crippen LogP) is 7.71. The molecule has 0 saturated heterocycles. The molecule has 4 aromatic carbocycles. The molecule has 0 fully saturated rings. The van der Waals surface area contributed by atoms with Gasteiger partial charge in [0.25, 0.3) is 16.0 Å². The number of allylic oxidation sites excluding steroid dienone is 2. The second-order valence-corrected chi connectivity index (χ2v) is 13.8. The second kappa shape index (κ2) is 14.8. The van der Waals surface area contributed by atoms with Crippen LogP contribution in [0.4, 0.5) is 5.69 Å². The lowest BCUT2D eigenvalue weighted by Crippen LogP contribution is -2.29. The van der Waals surface area contributed by atoms with Crippen LogP contribution < -0.4 is 10.6 Å². The first kappa shape index (κ1) is 32.9. The Morgan fingerprint density at radius 1 is 0.812 bits per heavy atom. The molecule has 0 bridgehead atoms. The number of amides is 2. The number of para-hydroxylation sites is 1. The summed E-state index contributed by atoms with van der Waals surface area (Å²) < 4.78 is 36.8. The fourth-order valence-corrected chi connectivity index (χ4v) is 6.42. The van der Waals surface area contributed by atoms with Gasteiger partial charge in [-0.05, 0) is 109 Å². The molecule has 8 nitrogen and oxygen atoms in total. The van der Waals surface area contributed by atoms with E-state index < -0.39 is 27.7 Å². The smallest absolute Gasteiger partial charge is 0.266 e. The lowest BCUT2D eigenvalue weighted by atomic mass is 9.89. The zero-order valence-corrected chi connectivity index (χ0v) is 27.3. The third-order valence-corrected chi connectivity index (χ3v) is 9.39. The van der Waals surface area contributed by atoms with Crippen molar-refractivity contribution < 1.29 is 27.0 Å². The van der Waals surface area contributed by atoms with Crippen LogP contribution in [0.15, 0.2) is 114 Å². The van der Waals surface area contributed by atoms with Crippen molar-refractivity contribution in [3.05, 3.63) is 131 Å². The number of anilines is 1. The summed E-state index contributed by atoms with van der Waals surface area (Å²) >= 11 is 0. The molecule has 246 valence electrons. The van der Waals surface area contributed by atoms with E-state index in [2.05, 4.69) is 41.0 Å². The van der Waals surface area contributed by atoms with E-state index in [0.29, 0.717) is 24.1 Å². The molecule has 0 spiro atoms. The molecule has 1 heterocycles. The minimum Gasteiger partial charge on any atom is -0.456 e. The van der Waals surface area contributed by atoms with Gasteiger partial charge in [-0.2, -0.15) is 8.42 Å². The Hall–Kier alpha value is -4.99. The van der Waals surface area contributed by atoms with E-state index in [9.17, 15) is 18.0 Å². The van der Waals surface area contributed by atoms with Crippen LogP contribution in [0.3, 0.4) is 0 Å². The van der Waals surface area contributed by atoms with Gasteiger partial charge in [0.2, 0.25) is 5.91 Å². The zero-order valence-electron chi connectivity index (χ0n) is 26.5. The summed E-state index contributed by atoms with van der Waals surface area (Å²) in [5.41, 5.74) is 7.33. The van der Waals surface area contributed by atoms with Crippen molar-refractivity contribution in [3.8, 4) is 11.3 Å². The first-order valence-electron chi connectivity index (χ1n) is 16.2. The number of carbonyl (C=O) groups is 2. The SMILES string of the molecule is O=C(NCCS(=O)(=O)O)c1ccc(CC(Cc2ccc(C3=CCCCC3)cc2)C(=O)Nc2ccc(-c3cc4ccccc4o3)cc2)cc1. The summed E-state index contributed by atoms with van der Waals surface area (Å²) in [6.07, 6.45) is 7.95. The predicted molar refractivity (Wildman–Crippen MR) is 189 cm³/mol. The number of benzene rings is 4. The molecule has 1 atom stereocenters. The first-order valence-corrected chi connectivity index (χ1v) is 17.8. The Balaban J connectivity index is 1.16. The van der Waals surface area contributed by atoms with Crippen LogP contribution in [-0.2, 0) is 27.8 Å². The number of carbonyl (C=O) groups excluding carboxylic acids is 2. The maximum Gasteiger partial charge on any atom is 0.266 e. The third-order valence-electron chi connectivity index (χ3n) is 8.67. The minimum absolute atomic E-state index is 0.113. The van der Waals surface area contributed by atoms with E-state index in [0.717, 1.165) is 46.3 Å². The Kier molecular flexibility index (Phi) is 10.2. The van der Waals surface area contributed by atoms with Gasteiger partial charge in [0.05, 0.1) is 5.75 Å². The average molecular weight is 663 g/mol. The van der Waals surface area contributed by atoms with Gasteiger partial charge in [0, 0.05) is 34.7 Å². The molecule has 5 aromatic rings. The number of hydrogen-bond donors (Lipinski definition) is 3. The lowest BCUT2D eigenvalue weighted by molar-refractivity contribution is -0.119. The van der Waals surface area contributed by atoms with Gasteiger partial charge in [0.15, 0.2) is 0 Å². The van der Waals surface area contributed by atoms with Crippen LogP contribution in [0.1, 0.15) is 52.7 Å². The Bertz CT molecular complexity index is 2000. The molecule has 2 amide bonds. The first-order chi connectivity index (χ1) is 23.2. The molecule has 6 rings (SSSR count). The Labute approximate surface area is 280 Å². The molecule has 1 aliphatic carbocycles. The van der Waals surface area contributed by atoms with Crippen LogP contribution in [-0.4, -0.2) is 37.1 Å². The minimum atomic E-state index is -4.17. The quantitative estimate of drug-likeness (QED) is 0.118. The van der Waals surface area contributed by atoms with E-state index in [4.69, 9.17) is 8.97 Å². The van der Waals surface area contributed by atoms with E-state index in [1.165, 1.54) is 24.0 Å². The standard InChI is InChI=1S/C39H38N2O6S/c42-38(40-22-23-48(44,45)46)32-16-12-28(13-17-32)25-34(24-27-10-14-30(15-11-27)29-6-2-1-3-7-29)39(43)41-35-20-18-31(19-21-35)37-26-33-8-4-5-9-36(33)47-37/h4-6,8-21,26,34H,1-3,7,22-25H2,(H,40,42)(H,41,43)(H,44,45,46). The number of hydrogen-bond acceptors (Lipinski definition) is 5. The number of nitrogens with one attached hydrogen (secondary N) is 2. The molecule has 1 aromatic heterocycles. The normalized spacial score (nSPS) is 13.9. The molecule has 0 radical (unpaired) electrons. The monoisotopic (exact) mass is 662 g/mol. The lowest BCUT2D eigenvalue weighted by Gasteiger charge is -2.18. The molecule has 1 unspecified atom stereocenters. The van der Waals surface area contributed by atoms with Gasteiger partial charge in [-0.1, -0.05) is 60.7 Å². The molecular formula is C39H38N2O6S. The van der Waals surface area contributed by atoms with Crippen molar-refractivity contribution in [3.63, 3.8) is 0 Å². The largest absolute Gasteiger partial charge is 0.456 e.